The summed E-state index contributed by atoms with van der Waals surface area (Å²) in [6.07, 6.45) is 9.05. The molecule has 170 valence electrons. The van der Waals surface area contributed by atoms with E-state index in [1.165, 1.54) is 0 Å². The zero-order chi connectivity index (χ0) is 22.7. The Kier molecular flexibility index (Phi) is 6.40. The van der Waals surface area contributed by atoms with E-state index in [1.54, 1.807) is 25.8 Å². The molecule has 0 aromatic carbocycles. The van der Waals surface area contributed by atoms with Crippen molar-refractivity contribution < 1.29 is 18.3 Å². The van der Waals surface area contributed by atoms with Gasteiger partial charge in [-0.1, -0.05) is 12.8 Å². The number of methoxy groups -OCH3 is 1. The Hall–Kier alpha value is -3.40. The molecule has 32 heavy (non-hydrogen) atoms. The summed E-state index contributed by atoms with van der Waals surface area (Å²) in [5, 5.41) is 6.21. The van der Waals surface area contributed by atoms with Crippen molar-refractivity contribution in [2.75, 3.05) is 17.7 Å². The fourth-order valence-electron chi connectivity index (χ4n) is 4.14. The van der Waals surface area contributed by atoms with Crippen LogP contribution in [0.5, 0.6) is 0 Å². The number of hydrogen-bond acceptors (Lipinski definition) is 8. The van der Waals surface area contributed by atoms with Gasteiger partial charge in [-0.05, 0) is 25.0 Å². The molecule has 0 spiro atoms. The molecule has 2 aromatic rings. The minimum absolute atomic E-state index is 0.0312. The van der Waals surface area contributed by atoms with E-state index in [-0.39, 0.29) is 35.2 Å². The molecule has 3 atom stereocenters. The van der Waals surface area contributed by atoms with Crippen molar-refractivity contribution in [1.82, 2.24) is 4.98 Å². The van der Waals surface area contributed by atoms with E-state index in [0.29, 0.717) is 18.0 Å². The Labute approximate surface area is 185 Å². The number of rotatable bonds is 6. The number of nitrogens with two attached hydrogens (primary N) is 2. The van der Waals surface area contributed by atoms with Gasteiger partial charge in [-0.3, -0.25) is 4.79 Å². The van der Waals surface area contributed by atoms with E-state index in [1.807, 2.05) is 6.07 Å². The van der Waals surface area contributed by atoms with Gasteiger partial charge < -0.3 is 31.3 Å². The first-order valence-electron chi connectivity index (χ1n) is 10.6. The molecule has 2 aromatic heterocycles. The summed E-state index contributed by atoms with van der Waals surface area (Å²) < 4.78 is 25.3. The average molecular weight is 442 g/mol. The van der Waals surface area contributed by atoms with Crippen LogP contribution in [-0.2, 0) is 4.74 Å². The van der Waals surface area contributed by atoms with Crippen molar-refractivity contribution in [1.29, 1.82) is 0 Å². The molecule has 1 fully saturated rings. The number of anilines is 2. The second-order valence-corrected chi connectivity index (χ2v) is 8.04. The summed E-state index contributed by atoms with van der Waals surface area (Å²) in [6, 6.07) is 2.75. The molecule has 1 unspecified atom stereocenters. The van der Waals surface area contributed by atoms with Crippen LogP contribution < -0.4 is 22.1 Å². The second-order valence-electron chi connectivity index (χ2n) is 8.04. The molecule has 1 aliphatic carbocycles. The first-order chi connectivity index (χ1) is 15.5. The van der Waals surface area contributed by atoms with Crippen molar-refractivity contribution in [3.8, 4) is 0 Å². The average Bonchev–Trinajstić information content (AvgIpc) is 3.32. The maximum absolute atomic E-state index is 14.7. The predicted octanol–water partition coefficient (Wildman–Crippen LogP) is 3.08. The van der Waals surface area contributed by atoms with E-state index in [4.69, 9.17) is 20.6 Å². The minimum atomic E-state index is -0.788. The molecule has 6 N–H and O–H groups in total. The number of allylic oxidation sites excluding steroid dienone is 1. The van der Waals surface area contributed by atoms with Gasteiger partial charge in [0, 0.05) is 36.0 Å². The predicted molar refractivity (Wildman–Crippen MR) is 119 cm³/mol. The molecular weight excluding hydrogens is 415 g/mol. The normalized spacial score (nSPS) is 23.2. The zero-order valence-electron chi connectivity index (χ0n) is 17.8. The molecule has 0 bridgehead atoms. The van der Waals surface area contributed by atoms with E-state index in [2.05, 4.69) is 20.6 Å². The number of carbonyl (C=O) groups excluding carboxylic acids is 1. The molecule has 0 saturated heterocycles. The van der Waals surface area contributed by atoms with Gasteiger partial charge in [-0.2, -0.15) is 0 Å². The van der Waals surface area contributed by atoms with Gasteiger partial charge >= 0.3 is 0 Å². The van der Waals surface area contributed by atoms with Gasteiger partial charge in [0.25, 0.3) is 5.91 Å². The number of amides is 1. The molecule has 1 amide bonds. The third kappa shape index (κ3) is 4.59. The smallest absolute Gasteiger partial charge is 0.252 e. The Morgan fingerprint density at radius 1 is 1.31 bits per heavy atom. The van der Waals surface area contributed by atoms with Crippen LogP contribution in [0.3, 0.4) is 0 Å². The highest BCUT2D eigenvalue weighted by Crippen LogP contribution is 2.32. The van der Waals surface area contributed by atoms with E-state index in [9.17, 15) is 9.18 Å². The lowest BCUT2D eigenvalue weighted by Gasteiger charge is -2.30. The largest absolute Gasteiger partial charge is 0.484 e. The second kappa shape index (κ2) is 9.39. The Morgan fingerprint density at radius 2 is 2.12 bits per heavy atom. The highest BCUT2D eigenvalue weighted by Gasteiger charge is 2.27. The minimum Gasteiger partial charge on any atom is -0.484 e. The van der Waals surface area contributed by atoms with Gasteiger partial charge in [-0.15, -0.1) is 0 Å². The molecule has 0 radical (unpaired) electrons. The SMILES string of the molecule is COC1=NC=C(Nc2nc(N[C@@H]3CCCC[C@@H]3N)c(F)cc2C(N)=O)CC1c1ccoc1. The van der Waals surface area contributed by atoms with Crippen molar-refractivity contribution in [3.63, 3.8) is 0 Å². The van der Waals surface area contributed by atoms with Crippen LogP contribution in [0.4, 0.5) is 16.0 Å². The molecule has 9 nitrogen and oxygen atoms in total. The third-order valence-electron chi connectivity index (χ3n) is 5.89. The Bertz CT molecular complexity index is 1040. The van der Waals surface area contributed by atoms with Gasteiger partial charge in [0.15, 0.2) is 17.5 Å². The van der Waals surface area contributed by atoms with Gasteiger partial charge in [0.2, 0.25) is 0 Å². The number of halogens is 1. The standard InChI is InChI=1S/C22H27FN6O3/c1-31-22-14(12-6-7-32-11-12)8-13(10-26-22)27-20-15(19(25)30)9-16(23)21(29-20)28-18-5-3-2-4-17(18)24/h6-7,9-11,14,17-18H,2-5,8,24H2,1H3,(H2,25,30)(H2,27,28,29)/t14?,17-,18+/m0/s1. The topological polar surface area (TPSA) is 141 Å². The fourth-order valence-corrected chi connectivity index (χ4v) is 4.14. The third-order valence-corrected chi connectivity index (χ3v) is 5.89. The van der Waals surface area contributed by atoms with Crippen LogP contribution in [0.25, 0.3) is 0 Å². The molecular formula is C22H27FN6O3. The number of ether oxygens (including phenoxy) is 1. The van der Waals surface area contributed by atoms with Crippen LogP contribution in [0.1, 0.15) is 53.9 Å². The lowest BCUT2D eigenvalue weighted by atomic mass is 9.91. The molecule has 4 rings (SSSR count). The summed E-state index contributed by atoms with van der Waals surface area (Å²) in [4.78, 5) is 20.7. The summed E-state index contributed by atoms with van der Waals surface area (Å²) >= 11 is 0. The number of carbonyl (C=O) groups is 1. The number of primary amides is 1. The van der Waals surface area contributed by atoms with Crippen LogP contribution in [0, 0.1) is 5.82 Å². The van der Waals surface area contributed by atoms with Crippen molar-refractivity contribution in [2.24, 2.45) is 16.5 Å². The van der Waals surface area contributed by atoms with Gasteiger partial charge in [-0.25, -0.2) is 14.4 Å². The van der Waals surface area contributed by atoms with Crippen LogP contribution in [-0.4, -0.2) is 36.0 Å². The van der Waals surface area contributed by atoms with Crippen LogP contribution in [0.15, 0.2) is 46.0 Å². The maximum Gasteiger partial charge on any atom is 0.252 e. The summed E-state index contributed by atoms with van der Waals surface area (Å²) in [5.74, 6) is -0.906. The van der Waals surface area contributed by atoms with E-state index < -0.39 is 11.7 Å². The van der Waals surface area contributed by atoms with Crippen molar-refractivity contribution in [3.05, 3.63) is 53.5 Å². The highest BCUT2D eigenvalue weighted by atomic mass is 19.1. The summed E-state index contributed by atoms with van der Waals surface area (Å²) in [6.45, 7) is 0. The first kappa shape index (κ1) is 21.8. The maximum atomic E-state index is 14.7. The Balaban J connectivity index is 1.61. The number of aromatic nitrogens is 1. The van der Waals surface area contributed by atoms with E-state index >= 15 is 0 Å². The number of furan rings is 1. The van der Waals surface area contributed by atoms with Crippen LogP contribution in [0.2, 0.25) is 0 Å². The lowest BCUT2D eigenvalue weighted by molar-refractivity contribution is 0.100. The van der Waals surface area contributed by atoms with E-state index in [0.717, 1.165) is 37.3 Å². The number of nitrogens with one attached hydrogen (secondary N) is 2. The number of pyridine rings is 1. The lowest BCUT2D eigenvalue weighted by Crippen LogP contribution is -2.43. The molecule has 1 aliphatic heterocycles. The Morgan fingerprint density at radius 3 is 2.81 bits per heavy atom. The number of nitrogens with zero attached hydrogens (tertiary/aromatic N) is 2. The number of hydrogen-bond donors (Lipinski definition) is 4. The van der Waals surface area contributed by atoms with Crippen LogP contribution >= 0.6 is 0 Å². The summed E-state index contributed by atoms with van der Waals surface area (Å²) in [5.41, 5.74) is 13.2. The zero-order valence-corrected chi connectivity index (χ0v) is 17.8. The fraction of sp³-hybridized carbons (Fsp3) is 0.409. The molecule has 10 heteroatoms. The van der Waals surface area contributed by atoms with Crippen molar-refractivity contribution >= 4 is 23.4 Å². The first-order valence-corrected chi connectivity index (χ1v) is 10.6. The van der Waals surface area contributed by atoms with Gasteiger partial charge in [0.05, 0.1) is 31.1 Å². The number of aliphatic imine (C=N–C) groups is 1. The van der Waals surface area contributed by atoms with Gasteiger partial charge in [0.1, 0.15) is 5.82 Å². The molecule has 2 aliphatic rings. The molecule has 1 saturated carbocycles. The molecule has 3 heterocycles. The quantitative estimate of drug-likeness (QED) is 0.539. The monoisotopic (exact) mass is 442 g/mol. The summed E-state index contributed by atoms with van der Waals surface area (Å²) in [7, 11) is 1.55. The van der Waals surface area contributed by atoms with Crippen molar-refractivity contribution in [2.45, 2.75) is 50.1 Å². The highest BCUT2D eigenvalue weighted by molar-refractivity contribution is 5.98.